The Morgan fingerprint density at radius 2 is 2.00 bits per heavy atom. The third-order valence-corrected chi connectivity index (χ3v) is 7.03. The lowest BCUT2D eigenvalue weighted by Gasteiger charge is -2.32. The average molecular weight is 524 g/mol. The summed E-state index contributed by atoms with van der Waals surface area (Å²) in [5.74, 6) is -0.354. The molecule has 0 radical (unpaired) electrons. The number of H-pyrrole nitrogens is 1. The maximum absolute atomic E-state index is 13.2. The van der Waals surface area contributed by atoms with Gasteiger partial charge in [-0.2, -0.15) is 5.21 Å². The van der Waals surface area contributed by atoms with Crippen LogP contribution in [0.5, 0.6) is 0 Å². The number of benzene rings is 2. The number of aromatic nitrogens is 4. The number of carbonyl (C=O) groups excluding carboxylic acids is 1. The van der Waals surface area contributed by atoms with E-state index in [9.17, 15) is 19.1 Å². The maximum atomic E-state index is 13.2. The fourth-order valence-corrected chi connectivity index (χ4v) is 4.75. The fourth-order valence-electron chi connectivity index (χ4n) is 4.75. The molecule has 1 atom stereocenters. The van der Waals surface area contributed by atoms with Gasteiger partial charge in [-0.25, -0.2) is 9.18 Å². The monoisotopic (exact) mass is 523 g/mol. The number of piperidine rings is 1. The number of tetrazole rings is 1. The molecule has 0 aliphatic carbocycles. The number of aromatic amines is 1. The van der Waals surface area contributed by atoms with E-state index in [1.165, 1.54) is 12.1 Å². The SMILES string of the molecule is CC(C)(C(=O)O)c1cc(NC(=O)NCCCN2CCC[C@@H](Cc3ccc(F)cc3)C2)cc(-c2nn[nH]n2)c1. The Bertz CT molecular complexity index is 1230. The van der Waals surface area contributed by atoms with Gasteiger partial charge in [-0.3, -0.25) is 4.79 Å². The van der Waals surface area contributed by atoms with E-state index in [2.05, 4.69) is 36.2 Å². The summed E-state index contributed by atoms with van der Waals surface area (Å²) in [6, 6.07) is 11.4. The molecule has 1 aliphatic rings. The summed E-state index contributed by atoms with van der Waals surface area (Å²) in [6.07, 6.45) is 4.04. The normalized spacial score (nSPS) is 16.2. The Morgan fingerprint density at radius 1 is 1.21 bits per heavy atom. The first kappa shape index (κ1) is 27.2. The third kappa shape index (κ3) is 7.12. The van der Waals surface area contributed by atoms with Crippen molar-refractivity contribution in [3.63, 3.8) is 0 Å². The van der Waals surface area contributed by atoms with Crippen molar-refractivity contribution in [2.24, 2.45) is 5.92 Å². The zero-order chi connectivity index (χ0) is 27.1. The zero-order valence-corrected chi connectivity index (χ0v) is 21.7. The summed E-state index contributed by atoms with van der Waals surface area (Å²) >= 11 is 0. The van der Waals surface area contributed by atoms with Crippen LogP contribution in [-0.4, -0.2) is 68.8 Å². The highest BCUT2D eigenvalue weighted by Crippen LogP contribution is 2.30. The number of urea groups is 1. The molecule has 0 unspecified atom stereocenters. The number of hydrogen-bond donors (Lipinski definition) is 4. The van der Waals surface area contributed by atoms with E-state index in [0.717, 1.165) is 50.9 Å². The van der Waals surface area contributed by atoms with Crippen LogP contribution >= 0.6 is 0 Å². The van der Waals surface area contributed by atoms with Crippen LogP contribution < -0.4 is 10.6 Å². The second-order valence-electron chi connectivity index (χ2n) is 10.3. The van der Waals surface area contributed by atoms with Crippen LogP contribution in [0.25, 0.3) is 11.4 Å². The van der Waals surface area contributed by atoms with Gasteiger partial charge in [-0.1, -0.05) is 12.1 Å². The number of aliphatic carboxylic acids is 1. The van der Waals surface area contributed by atoms with E-state index >= 15 is 0 Å². The quantitative estimate of drug-likeness (QED) is 0.297. The third-order valence-electron chi connectivity index (χ3n) is 7.03. The molecule has 2 aromatic carbocycles. The molecular weight excluding hydrogens is 489 g/mol. The lowest BCUT2D eigenvalue weighted by Crippen LogP contribution is -2.38. The Kier molecular flexibility index (Phi) is 8.67. The first-order valence-corrected chi connectivity index (χ1v) is 12.8. The number of hydrogen-bond acceptors (Lipinski definition) is 6. The smallest absolute Gasteiger partial charge is 0.319 e. The zero-order valence-electron chi connectivity index (χ0n) is 21.7. The highest BCUT2D eigenvalue weighted by molar-refractivity contribution is 5.91. The number of carboxylic acids is 1. The van der Waals surface area contributed by atoms with E-state index in [4.69, 9.17) is 0 Å². The molecule has 1 aliphatic heterocycles. The summed E-state index contributed by atoms with van der Waals surface area (Å²) in [6.45, 7) is 6.61. The molecule has 10 nitrogen and oxygen atoms in total. The van der Waals surface area contributed by atoms with Gasteiger partial charge in [0.15, 0.2) is 0 Å². The number of halogens is 1. The number of likely N-dealkylation sites (tertiary alicyclic amines) is 1. The standard InChI is InChI=1S/C27H34FN7O3/c1-27(2,25(36)37)21-14-20(24-31-33-34-32-24)15-23(16-21)30-26(38)29-10-4-12-35-11-3-5-19(17-35)13-18-6-8-22(28)9-7-18/h6-9,14-16,19H,3-5,10-13,17H2,1-2H3,(H,36,37)(H2,29,30,38)(H,31,32,33,34)/t19-/m0/s1. The van der Waals surface area contributed by atoms with Gasteiger partial charge in [-0.05, 0) is 105 Å². The van der Waals surface area contributed by atoms with Gasteiger partial charge in [0.1, 0.15) is 5.82 Å². The topological polar surface area (TPSA) is 136 Å². The first-order chi connectivity index (χ1) is 18.2. The van der Waals surface area contributed by atoms with Crippen LogP contribution in [-0.2, 0) is 16.6 Å². The largest absolute Gasteiger partial charge is 0.481 e. The highest BCUT2D eigenvalue weighted by Gasteiger charge is 2.30. The first-order valence-electron chi connectivity index (χ1n) is 12.8. The van der Waals surface area contributed by atoms with Gasteiger partial charge in [0.25, 0.3) is 0 Å². The van der Waals surface area contributed by atoms with Crippen molar-refractivity contribution >= 4 is 17.7 Å². The Hall–Kier alpha value is -3.86. The molecule has 4 N–H and O–H groups in total. The molecule has 11 heteroatoms. The van der Waals surface area contributed by atoms with E-state index in [1.807, 2.05) is 12.1 Å². The minimum absolute atomic E-state index is 0.209. The van der Waals surface area contributed by atoms with Crippen LogP contribution in [0.1, 0.15) is 44.2 Å². The van der Waals surface area contributed by atoms with Crippen LogP contribution in [0.2, 0.25) is 0 Å². The Morgan fingerprint density at radius 3 is 2.71 bits per heavy atom. The van der Waals surface area contributed by atoms with Crippen molar-refractivity contribution in [3.8, 4) is 11.4 Å². The van der Waals surface area contributed by atoms with Crippen LogP contribution in [0, 0.1) is 11.7 Å². The van der Waals surface area contributed by atoms with Gasteiger partial charge < -0.3 is 20.6 Å². The number of carbonyl (C=O) groups is 2. The lowest BCUT2D eigenvalue weighted by atomic mass is 9.83. The molecule has 2 amide bonds. The number of anilines is 1. The number of nitrogens with one attached hydrogen (secondary N) is 3. The second-order valence-corrected chi connectivity index (χ2v) is 10.3. The molecule has 4 rings (SSSR count). The molecule has 1 saturated heterocycles. The van der Waals surface area contributed by atoms with Gasteiger partial charge in [0, 0.05) is 24.3 Å². The van der Waals surface area contributed by atoms with Gasteiger partial charge in [0.05, 0.1) is 5.41 Å². The van der Waals surface area contributed by atoms with Crippen molar-refractivity contribution in [2.75, 3.05) is 31.5 Å². The molecular formula is C27H34FN7O3. The maximum Gasteiger partial charge on any atom is 0.319 e. The van der Waals surface area contributed by atoms with Crippen LogP contribution in [0.4, 0.5) is 14.9 Å². The minimum atomic E-state index is -1.18. The highest BCUT2D eigenvalue weighted by atomic mass is 19.1. The Labute approximate surface area is 221 Å². The molecule has 38 heavy (non-hydrogen) atoms. The van der Waals surface area contributed by atoms with Crippen molar-refractivity contribution in [3.05, 3.63) is 59.4 Å². The fraction of sp³-hybridized carbons (Fsp3) is 0.444. The van der Waals surface area contributed by atoms with E-state index in [0.29, 0.717) is 35.1 Å². The van der Waals surface area contributed by atoms with Crippen molar-refractivity contribution in [1.82, 2.24) is 30.8 Å². The van der Waals surface area contributed by atoms with E-state index in [-0.39, 0.29) is 11.8 Å². The van der Waals surface area contributed by atoms with Gasteiger partial charge in [-0.15, -0.1) is 10.2 Å². The summed E-state index contributed by atoms with van der Waals surface area (Å²) < 4.78 is 13.2. The van der Waals surface area contributed by atoms with Crippen LogP contribution in [0.15, 0.2) is 42.5 Å². The van der Waals surface area contributed by atoms with Crippen molar-refractivity contribution < 1.29 is 19.1 Å². The molecule has 202 valence electrons. The average Bonchev–Trinajstić information content (AvgIpc) is 3.43. The number of rotatable bonds is 10. The molecule has 0 bridgehead atoms. The van der Waals surface area contributed by atoms with Gasteiger partial charge in [0.2, 0.25) is 5.82 Å². The van der Waals surface area contributed by atoms with Crippen molar-refractivity contribution in [1.29, 1.82) is 0 Å². The summed E-state index contributed by atoms with van der Waals surface area (Å²) in [5, 5.41) is 29.2. The minimum Gasteiger partial charge on any atom is -0.481 e. The predicted molar refractivity (Wildman–Crippen MR) is 141 cm³/mol. The number of carboxylic acid groups (broad SMARTS) is 1. The summed E-state index contributed by atoms with van der Waals surface area (Å²) in [7, 11) is 0. The second kappa shape index (κ2) is 12.1. The van der Waals surface area contributed by atoms with Gasteiger partial charge >= 0.3 is 12.0 Å². The van der Waals surface area contributed by atoms with E-state index < -0.39 is 11.4 Å². The van der Waals surface area contributed by atoms with E-state index in [1.54, 1.807) is 32.0 Å². The number of nitrogens with zero attached hydrogens (tertiary/aromatic N) is 4. The molecule has 1 aromatic heterocycles. The lowest BCUT2D eigenvalue weighted by molar-refractivity contribution is -0.142. The summed E-state index contributed by atoms with van der Waals surface area (Å²) in [5.41, 5.74) is 1.46. The number of amides is 2. The Balaban J connectivity index is 1.28. The van der Waals surface area contributed by atoms with Crippen LogP contribution in [0.3, 0.4) is 0 Å². The molecule has 2 heterocycles. The molecule has 1 fully saturated rings. The molecule has 0 spiro atoms. The van der Waals surface area contributed by atoms with Crippen molar-refractivity contribution in [2.45, 2.75) is 44.9 Å². The molecule has 3 aromatic rings. The molecule has 0 saturated carbocycles. The summed E-state index contributed by atoms with van der Waals surface area (Å²) in [4.78, 5) is 26.8. The predicted octanol–water partition coefficient (Wildman–Crippen LogP) is 3.83.